The maximum atomic E-state index is 12.6. The zero-order valence-electron chi connectivity index (χ0n) is 15.2. The Morgan fingerprint density at radius 3 is 2.19 bits per heavy atom. The second-order valence-electron chi connectivity index (χ2n) is 6.69. The first-order valence-corrected chi connectivity index (χ1v) is 10.7. The quantitative estimate of drug-likeness (QED) is 0.707. The fourth-order valence-corrected chi connectivity index (χ4v) is 4.93. The van der Waals surface area contributed by atoms with E-state index in [1.165, 1.54) is 4.31 Å². The molecule has 0 aromatic heterocycles. The summed E-state index contributed by atoms with van der Waals surface area (Å²) in [5, 5.41) is 2.76. The van der Waals surface area contributed by atoms with E-state index < -0.39 is 21.8 Å². The molecule has 0 spiro atoms. The highest BCUT2D eigenvalue weighted by Gasteiger charge is 2.37. The number of nitrogens with one attached hydrogen (secondary N) is 1. The molecule has 2 aliphatic heterocycles. The van der Waals surface area contributed by atoms with Gasteiger partial charge >= 0.3 is 0 Å². The van der Waals surface area contributed by atoms with Crippen molar-refractivity contribution in [1.82, 2.24) is 14.5 Å². The fourth-order valence-electron chi connectivity index (χ4n) is 3.49. The van der Waals surface area contributed by atoms with Crippen LogP contribution in [0.5, 0.6) is 0 Å². The van der Waals surface area contributed by atoms with Gasteiger partial charge in [-0.1, -0.05) is 12.1 Å². The van der Waals surface area contributed by atoms with Gasteiger partial charge in [0, 0.05) is 32.1 Å². The Balaban J connectivity index is 1.58. The molecule has 0 unspecified atom stereocenters. The molecule has 1 saturated heterocycles. The van der Waals surface area contributed by atoms with Gasteiger partial charge in [-0.25, -0.2) is 12.7 Å². The summed E-state index contributed by atoms with van der Waals surface area (Å²) in [5.74, 6) is -1.45. The van der Waals surface area contributed by atoms with Crippen LogP contribution in [0.15, 0.2) is 24.3 Å². The van der Waals surface area contributed by atoms with Crippen LogP contribution in [0.4, 0.5) is 0 Å². The second-order valence-corrected chi connectivity index (χ2v) is 8.78. The van der Waals surface area contributed by atoms with E-state index in [2.05, 4.69) is 5.32 Å². The lowest BCUT2D eigenvalue weighted by molar-refractivity contribution is -0.126. The Labute approximate surface area is 158 Å². The number of hydrogen-bond acceptors (Lipinski definition) is 5. The summed E-state index contributed by atoms with van der Waals surface area (Å²) in [6.07, 6.45) is 0.941. The van der Waals surface area contributed by atoms with Crippen LogP contribution in [0.1, 0.15) is 40.5 Å². The van der Waals surface area contributed by atoms with Gasteiger partial charge in [-0.15, -0.1) is 0 Å². The molecule has 1 fully saturated rings. The van der Waals surface area contributed by atoms with E-state index in [0.717, 1.165) is 4.90 Å². The highest BCUT2D eigenvalue weighted by atomic mass is 32.2. The molecule has 9 heteroatoms. The Morgan fingerprint density at radius 2 is 1.67 bits per heavy atom. The molecule has 0 bridgehead atoms. The van der Waals surface area contributed by atoms with E-state index in [1.807, 2.05) is 6.92 Å². The van der Waals surface area contributed by atoms with Crippen molar-refractivity contribution in [2.45, 2.75) is 19.8 Å². The summed E-state index contributed by atoms with van der Waals surface area (Å²) >= 11 is 0. The summed E-state index contributed by atoms with van der Waals surface area (Å²) in [4.78, 5) is 37.5. The first kappa shape index (κ1) is 19.5. The first-order chi connectivity index (χ1) is 12.8. The first-order valence-electron chi connectivity index (χ1n) is 9.06. The average molecular weight is 393 g/mol. The van der Waals surface area contributed by atoms with E-state index in [9.17, 15) is 22.8 Å². The smallest absolute Gasteiger partial charge is 0.261 e. The lowest BCUT2D eigenvalue weighted by Gasteiger charge is -2.30. The number of nitrogens with zero attached hydrogens (tertiary/aromatic N) is 2. The minimum atomic E-state index is -3.61. The molecule has 0 atom stereocenters. The van der Waals surface area contributed by atoms with Gasteiger partial charge in [0.05, 0.1) is 16.9 Å². The largest absolute Gasteiger partial charge is 0.356 e. The summed E-state index contributed by atoms with van der Waals surface area (Å²) in [6.45, 7) is 2.76. The Bertz CT molecular complexity index is 825. The van der Waals surface area contributed by atoms with Gasteiger partial charge in [-0.05, 0) is 31.9 Å². The number of hydrogen-bond donors (Lipinski definition) is 1. The molecule has 1 N–H and O–H groups in total. The van der Waals surface area contributed by atoms with E-state index in [-0.39, 0.29) is 37.2 Å². The van der Waals surface area contributed by atoms with Crippen LogP contribution in [0.3, 0.4) is 0 Å². The minimum Gasteiger partial charge on any atom is -0.356 e. The molecule has 8 nitrogen and oxygen atoms in total. The summed E-state index contributed by atoms with van der Waals surface area (Å²) < 4.78 is 26.6. The van der Waals surface area contributed by atoms with Crippen molar-refractivity contribution in [2.24, 2.45) is 5.92 Å². The topological polar surface area (TPSA) is 104 Å². The van der Waals surface area contributed by atoms with Gasteiger partial charge in [0.1, 0.15) is 0 Å². The van der Waals surface area contributed by atoms with E-state index in [0.29, 0.717) is 30.5 Å². The third-order valence-electron chi connectivity index (χ3n) is 5.02. The highest BCUT2D eigenvalue weighted by molar-refractivity contribution is 7.89. The molecule has 2 aliphatic rings. The summed E-state index contributed by atoms with van der Waals surface area (Å²) in [7, 11) is -3.61. The molecule has 2 heterocycles. The maximum absolute atomic E-state index is 12.6. The number of imide groups is 1. The molecule has 0 aliphatic carbocycles. The monoisotopic (exact) mass is 393 g/mol. The number of carbonyl (C=O) groups excluding carboxylic acids is 3. The van der Waals surface area contributed by atoms with E-state index in [1.54, 1.807) is 24.3 Å². The predicted octanol–water partition coefficient (Wildman–Crippen LogP) is 0.461. The van der Waals surface area contributed by atoms with Gasteiger partial charge in [-0.2, -0.15) is 0 Å². The number of amides is 3. The van der Waals surface area contributed by atoms with Crippen LogP contribution < -0.4 is 5.32 Å². The van der Waals surface area contributed by atoms with E-state index >= 15 is 0 Å². The third-order valence-corrected chi connectivity index (χ3v) is 6.87. The minimum absolute atomic E-state index is 0.0411. The van der Waals surface area contributed by atoms with Gasteiger partial charge in [-0.3, -0.25) is 19.3 Å². The molecule has 1 aromatic carbocycles. The Morgan fingerprint density at radius 1 is 1.11 bits per heavy atom. The SMILES string of the molecule is CCNC(=O)C1CCN(S(=O)(=O)CCN2C(=O)c3ccccc3C2=O)CC1. The molecule has 3 amide bonds. The van der Waals surface area contributed by atoms with Gasteiger partial charge in [0.25, 0.3) is 11.8 Å². The zero-order chi connectivity index (χ0) is 19.6. The molecule has 146 valence electrons. The van der Waals surface area contributed by atoms with E-state index in [4.69, 9.17) is 0 Å². The Kier molecular flexibility index (Phi) is 5.61. The van der Waals surface area contributed by atoms with Crippen LogP contribution in [0.2, 0.25) is 0 Å². The molecule has 27 heavy (non-hydrogen) atoms. The van der Waals surface area contributed by atoms with Crippen LogP contribution in [0, 0.1) is 5.92 Å². The fraction of sp³-hybridized carbons (Fsp3) is 0.500. The molecular formula is C18H23N3O5S. The van der Waals surface area contributed by atoms with Crippen molar-refractivity contribution in [3.63, 3.8) is 0 Å². The van der Waals surface area contributed by atoms with Crippen LogP contribution >= 0.6 is 0 Å². The van der Waals surface area contributed by atoms with Gasteiger partial charge < -0.3 is 5.32 Å². The number of fused-ring (bicyclic) bond motifs is 1. The van der Waals surface area contributed by atoms with Crippen molar-refractivity contribution in [3.05, 3.63) is 35.4 Å². The van der Waals surface area contributed by atoms with Gasteiger partial charge in [0.15, 0.2) is 0 Å². The molecule has 0 radical (unpaired) electrons. The lowest BCUT2D eigenvalue weighted by Crippen LogP contribution is -2.45. The van der Waals surface area contributed by atoms with Crippen molar-refractivity contribution in [3.8, 4) is 0 Å². The van der Waals surface area contributed by atoms with Crippen molar-refractivity contribution >= 4 is 27.7 Å². The van der Waals surface area contributed by atoms with Crippen LogP contribution in [0.25, 0.3) is 0 Å². The van der Waals surface area contributed by atoms with Crippen LogP contribution in [-0.4, -0.2) is 67.3 Å². The predicted molar refractivity (Wildman–Crippen MR) is 98.6 cm³/mol. The number of rotatable bonds is 6. The highest BCUT2D eigenvalue weighted by Crippen LogP contribution is 2.23. The van der Waals surface area contributed by atoms with Crippen molar-refractivity contribution < 1.29 is 22.8 Å². The Hall–Kier alpha value is -2.26. The van der Waals surface area contributed by atoms with Crippen molar-refractivity contribution in [2.75, 3.05) is 31.9 Å². The summed E-state index contributed by atoms with van der Waals surface area (Å²) in [5.41, 5.74) is 0.616. The van der Waals surface area contributed by atoms with Gasteiger partial charge in [0.2, 0.25) is 15.9 Å². The molecular weight excluding hydrogens is 370 g/mol. The number of piperidine rings is 1. The molecule has 3 rings (SSSR count). The third kappa shape index (κ3) is 3.89. The lowest BCUT2D eigenvalue weighted by atomic mass is 9.97. The standard InChI is InChI=1S/C18H23N3O5S/c1-2-19-16(22)13-7-9-20(10-8-13)27(25,26)12-11-21-17(23)14-5-3-4-6-15(14)18(21)24/h3-6,13H,2,7-12H2,1H3,(H,19,22). The zero-order valence-corrected chi connectivity index (χ0v) is 16.0. The van der Waals surface area contributed by atoms with Crippen molar-refractivity contribution in [1.29, 1.82) is 0 Å². The average Bonchev–Trinajstić information content (AvgIpc) is 2.91. The molecule has 0 saturated carbocycles. The summed E-state index contributed by atoms with van der Waals surface area (Å²) in [6, 6.07) is 6.47. The second kappa shape index (κ2) is 7.77. The molecule has 1 aromatic rings. The normalized spacial score (nSPS) is 18.6. The number of benzene rings is 1. The maximum Gasteiger partial charge on any atom is 0.261 e. The van der Waals surface area contributed by atoms with Crippen LogP contribution in [-0.2, 0) is 14.8 Å². The number of carbonyl (C=O) groups is 3. The number of sulfonamides is 1.